The normalized spacial score (nSPS) is 10.9. The van der Waals surface area contributed by atoms with Crippen LogP contribution in [0.5, 0.6) is 0 Å². The number of carbonyl (C=O) groups is 1. The molecule has 0 spiro atoms. The molecule has 7 nitrogen and oxygen atoms in total. The summed E-state index contributed by atoms with van der Waals surface area (Å²) in [4.78, 5) is 16.4. The van der Waals surface area contributed by atoms with Crippen LogP contribution in [0.25, 0.3) is 0 Å². The molecule has 0 atom stereocenters. The Kier molecular flexibility index (Phi) is 6.14. The summed E-state index contributed by atoms with van der Waals surface area (Å²) >= 11 is 0. The van der Waals surface area contributed by atoms with E-state index in [2.05, 4.69) is 10.1 Å². The zero-order valence-electron chi connectivity index (χ0n) is 11.0. The van der Waals surface area contributed by atoms with Crippen LogP contribution in [0, 0.1) is 5.21 Å². The van der Waals surface area contributed by atoms with E-state index in [1.807, 2.05) is 13.8 Å². The topological polar surface area (TPSA) is 77.2 Å². The number of ether oxygens (including phenoxy) is 1. The second kappa shape index (κ2) is 7.91. The van der Waals surface area contributed by atoms with E-state index >= 15 is 0 Å². The van der Waals surface area contributed by atoms with E-state index < -0.39 is 12.8 Å². The van der Waals surface area contributed by atoms with Gasteiger partial charge in [0.25, 0.3) is 6.79 Å². The van der Waals surface area contributed by atoms with Gasteiger partial charge < -0.3 is 14.8 Å². The third kappa shape index (κ3) is 4.82. The molecule has 1 aromatic rings. The summed E-state index contributed by atoms with van der Waals surface area (Å²) in [6.07, 6.45) is 0. The maximum Gasteiger partial charge on any atom is 0.341 e. The standard InChI is InChI=1S/C12H17N3O4/c1-3-14(4-2)15(17)13-19-10-18-12(16)11-8-6-5-7-9-11/h5-9H,3-4,10H2,1-2H3/b15-13+. The lowest BCUT2D eigenvalue weighted by atomic mass is 10.2. The van der Waals surface area contributed by atoms with Gasteiger partial charge in [-0.15, -0.1) is 5.01 Å². The Balaban J connectivity index is 2.35. The van der Waals surface area contributed by atoms with Gasteiger partial charge >= 0.3 is 5.97 Å². The van der Waals surface area contributed by atoms with Gasteiger partial charge in [0.2, 0.25) is 5.28 Å². The molecule has 19 heavy (non-hydrogen) atoms. The fourth-order valence-electron chi connectivity index (χ4n) is 1.33. The monoisotopic (exact) mass is 267 g/mol. The highest BCUT2D eigenvalue weighted by atomic mass is 16.8. The summed E-state index contributed by atoms with van der Waals surface area (Å²) < 4.78 is 4.79. The average molecular weight is 267 g/mol. The van der Waals surface area contributed by atoms with E-state index in [0.717, 1.165) is 0 Å². The van der Waals surface area contributed by atoms with Gasteiger partial charge in [0, 0.05) is 0 Å². The van der Waals surface area contributed by atoms with Crippen molar-refractivity contribution in [3.05, 3.63) is 41.1 Å². The van der Waals surface area contributed by atoms with Gasteiger partial charge in [-0.05, 0) is 26.0 Å². The van der Waals surface area contributed by atoms with Gasteiger partial charge in [0.05, 0.1) is 23.6 Å². The number of hydrazine groups is 1. The largest absolute Gasteiger partial charge is 0.569 e. The fraction of sp³-hybridized carbons (Fsp3) is 0.417. The summed E-state index contributed by atoms with van der Waals surface area (Å²) in [5.41, 5.74) is 0.411. The van der Waals surface area contributed by atoms with E-state index in [4.69, 9.17) is 4.74 Å². The Hall–Kier alpha value is -2.31. The van der Waals surface area contributed by atoms with Gasteiger partial charge in [-0.2, -0.15) is 0 Å². The number of hydrogen-bond acceptors (Lipinski definition) is 5. The molecular formula is C12H17N3O4. The summed E-state index contributed by atoms with van der Waals surface area (Å²) in [5.74, 6) is -0.531. The van der Waals surface area contributed by atoms with Crippen LogP contribution < -0.4 is 0 Å². The molecular weight excluding hydrogens is 250 g/mol. The minimum Gasteiger partial charge on any atom is -0.569 e. The van der Waals surface area contributed by atoms with Crippen molar-refractivity contribution >= 4 is 5.97 Å². The van der Waals surface area contributed by atoms with Crippen molar-refractivity contribution in [1.82, 2.24) is 5.01 Å². The maximum atomic E-state index is 11.5. The lowest BCUT2D eigenvalue weighted by molar-refractivity contribution is -0.710. The third-order valence-electron chi connectivity index (χ3n) is 2.35. The Labute approximate surface area is 111 Å². The van der Waals surface area contributed by atoms with Gasteiger partial charge in [-0.25, -0.2) is 4.79 Å². The van der Waals surface area contributed by atoms with Crippen molar-refractivity contribution in [2.24, 2.45) is 5.28 Å². The predicted molar refractivity (Wildman–Crippen MR) is 66.8 cm³/mol. The second-order valence-corrected chi connectivity index (χ2v) is 3.52. The number of rotatable bonds is 7. The van der Waals surface area contributed by atoms with Gasteiger partial charge in [0.1, 0.15) is 0 Å². The molecule has 0 N–H and O–H groups in total. The molecule has 0 radical (unpaired) electrons. The summed E-state index contributed by atoms with van der Waals surface area (Å²) in [5, 5.41) is 16.0. The molecule has 0 aromatic heterocycles. The van der Waals surface area contributed by atoms with E-state index in [1.54, 1.807) is 30.3 Å². The molecule has 0 aliphatic rings. The smallest absolute Gasteiger partial charge is 0.341 e. The van der Waals surface area contributed by atoms with Crippen LogP contribution in [0.1, 0.15) is 24.2 Å². The summed E-state index contributed by atoms with van der Waals surface area (Å²) in [6.45, 7) is 4.25. The number of benzene rings is 1. The van der Waals surface area contributed by atoms with Crippen LogP contribution in [-0.4, -0.2) is 35.8 Å². The molecule has 0 aliphatic heterocycles. The molecule has 7 heteroatoms. The molecule has 0 saturated heterocycles. The van der Waals surface area contributed by atoms with Crippen LogP contribution in [-0.2, 0) is 9.57 Å². The highest BCUT2D eigenvalue weighted by Crippen LogP contribution is 2.01. The minimum absolute atomic E-state index is 0.330. The molecule has 0 bridgehead atoms. The molecule has 1 aromatic carbocycles. The van der Waals surface area contributed by atoms with Crippen LogP contribution in [0.2, 0.25) is 0 Å². The second-order valence-electron chi connectivity index (χ2n) is 3.52. The van der Waals surface area contributed by atoms with Crippen LogP contribution >= 0.6 is 0 Å². The first-order valence-electron chi connectivity index (χ1n) is 5.96. The van der Waals surface area contributed by atoms with Crippen molar-refractivity contribution in [2.45, 2.75) is 13.8 Å². The maximum absolute atomic E-state index is 11.5. The highest BCUT2D eigenvalue weighted by molar-refractivity contribution is 5.89. The lowest BCUT2D eigenvalue weighted by Crippen LogP contribution is -2.30. The lowest BCUT2D eigenvalue weighted by Gasteiger charge is -2.13. The Bertz CT molecular complexity index is 418. The minimum atomic E-state index is -0.531. The molecule has 0 aliphatic carbocycles. The predicted octanol–water partition coefficient (Wildman–Crippen LogP) is 1.95. The third-order valence-corrected chi connectivity index (χ3v) is 2.35. The average Bonchev–Trinajstić information content (AvgIpc) is 2.45. The van der Waals surface area contributed by atoms with Gasteiger partial charge in [-0.1, -0.05) is 18.2 Å². The molecule has 1 rings (SSSR count). The summed E-state index contributed by atoms with van der Waals surface area (Å²) in [6, 6.07) is 8.48. The quantitative estimate of drug-likeness (QED) is 0.188. The van der Waals surface area contributed by atoms with E-state index in [1.165, 1.54) is 5.01 Å². The first-order valence-corrected chi connectivity index (χ1v) is 5.96. The van der Waals surface area contributed by atoms with Crippen molar-refractivity contribution in [1.29, 1.82) is 0 Å². The van der Waals surface area contributed by atoms with Crippen LogP contribution in [0.3, 0.4) is 0 Å². The zero-order chi connectivity index (χ0) is 14.1. The Morgan fingerprint density at radius 1 is 1.32 bits per heavy atom. The number of esters is 1. The molecule has 104 valence electrons. The van der Waals surface area contributed by atoms with Crippen LogP contribution in [0.15, 0.2) is 35.6 Å². The van der Waals surface area contributed by atoms with E-state index in [9.17, 15) is 10.0 Å². The molecule has 0 heterocycles. The molecule has 0 fully saturated rings. The highest BCUT2D eigenvalue weighted by Gasteiger charge is 2.08. The fourth-order valence-corrected chi connectivity index (χ4v) is 1.33. The van der Waals surface area contributed by atoms with E-state index in [-0.39, 0.29) is 0 Å². The number of carbonyl (C=O) groups excluding carboxylic acids is 1. The SMILES string of the molecule is CCN(CC)/[N+]([O-])=N\OCOC(=O)c1ccccc1. The van der Waals surface area contributed by atoms with Gasteiger partial charge in [0.15, 0.2) is 0 Å². The summed E-state index contributed by atoms with van der Waals surface area (Å²) in [7, 11) is 0. The molecule has 0 amide bonds. The zero-order valence-corrected chi connectivity index (χ0v) is 11.0. The first kappa shape index (κ1) is 14.7. The number of hydrogen-bond donors (Lipinski definition) is 0. The van der Waals surface area contributed by atoms with Crippen molar-refractivity contribution in [3.63, 3.8) is 0 Å². The Morgan fingerprint density at radius 2 is 1.95 bits per heavy atom. The van der Waals surface area contributed by atoms with Gasteiger partial charge in [-0.3, -0.25) is 0 Å². The first-order chi connectivity index (χ1) is 9.19. The van der Waals surface area contributed by atoms with Crippen molar-refractivity contribution in [3.8, 4) is 0 Å². The molecule has 0 unspecified atom stereocenters. The van der Waals surface area contributed by atoms with E-state index in [0.29, 0.717) is 23.6 Å². The molecule has 0 saturated carbocycles. The van der Waals surface area contributed by atoms with Crippen molar-refractivity contribution in [2.75, 3.05) is 19.9 Å². The number of nitrogens with zero attached hydrogens (tertiary/aromatic N) is 3. The van der Waals surface area contributed by atoms with Crippen LogP contribution in [0.4, 0.5) is 0 Å². The van der Waals surface area contributed by atoms with Crippen molar-refractivity contribution < 1.29 is 19.3 Å². The Morgan fingerprint density at radius 3 is 2.53 bits per heavy atom.